The van der Waals surface area contributed by atoms with Crippen LogP contribution in [0.25, 0.3) is 11.0 Å². The van der Waals surface area contributed by atoms with E-state index in [-0.39, 0.29) is 10.8 Å². The maximum atomic E-state index is 12.7. The zero-order valence-corrected chi connectivity index (χ0v) is 19.6. The molecule has 0 unspecified atom stereocenters. The topological polar surface area (TPSA) is 91.6 Å². The van der Waals surface area contributed by atoms with Crippen molar-refractivity contribution < 1.29 is 13.2 Å². The van der Waals surface area contributed by atoms with Gasteiger partial charge in [-0.3, -0.25) is 4.79 Å². The minimum Gasteiger partial charge on any atom is -0.368 e. The fourth-order valence-electron chi connectivity index (χ4n) is 3.73. The van der Waals surface area contributed by atoms with Gasteiger partial charge < -0.3 is 9.80 Å². The van der Waals surface area contributed by atoms with Crippen LogP contribution in [0.2, 0.25) is 5.02 Å². The van der Waals surface area contributed by atoms with Gasteiger partial charge in [-0.1, -0.05) is 22.9 Å². The van der Waals surface area contributed by atoms with Crippen molar-refractivity contribution in [3.05, 3.63) is 47.5 Å². The molecule has 1 aliphatic rings. The van der Waals surface area contributed by atoms with Crippen molar-refractivity contribution in [3.63, 3.8) is 0 Å². The van der Waals surface area contributed by atoms with E-state index in [1.807, 2.05) is 29.2 Å². The summed E-state index contributed by atoms with van der Waals surface area (Å²) in [5.41, 5.74) is 2.24. The van der Waals surface area contributed by atoms with Crippen LogP contribution < -0.4 is 4.90 Å². The highest BCUT2D eigenvalue weighted by Gasteiger charge is 2.22. The molecule has 0 radical (unpaired) electrons. The Kier molecular flexibility index (Phi) is 6.36. The van der Waals surface area contributed by atoms with Crippen molar-refractivity contribution in [1.29, 1.82) is 0 Å². The molecule has 11 heteroatoms. The van der Waals surface area contributed by atoms with Crippen LogP contribution in [-0.4, -0.2) is 78.8 Å². The van der Waals surface area contributed by atoms with Crippen LogP contribution in [0.5, 0.6) is 0 Å². The Balaban J connectivity index is 1.36. The number of aromatic nitrogens is 3. The highest BCUT2D eigenvalue weighted by atomic mass is 35.5. The lowest BCUT2D eigenvalue weighted by Crippen LogP contribution is -2.49. The first-order valence-electron chi connectivity index (χ1n) is 10.3. The first-order valence-corrected chi connectivity index (χ1v) is 12.1. The molecule has 0 spiro atoms. The summed E-state index contributed by atoms with van der Waals surface area (Å²) in [6.07, 6.45) is 0.299. The molecule has 9 nitrogen and oxygen atoms in total. The number of carbonyl (C=O) groups excluding carboxylic acids is 1. The van der Waals surface area contributed by atoms with E-state index in [0.717, 1.165) is 23.1 Å². The van der Waals surface area contributed by atoms with Gasteiger partial charge in [-0.05, 0) is 36.4 Å². The summed E-state index contributed by atoms with van der Waals surface area (Å²) in [6, 6.07) is 12.5. The minimum atomic E-state index is -3.54. The van der Waals surface area contributed by atoms with E-state index in [0.29, 0.717) is 42.1 Å². The zero-order chi connectivity index (χ0) is 22.9. The molecule has 4 rings (SSSR count). The number of benzene rings is 2. The summed E-state index contributed by atoms with van der Waals surface area (Å²) in [5.74, 6) is 0.0613. The summed E-state index contributed by atoms with van der Waals surface area (Å²) < 4.78 is 27.4. The summed E-state index contributed by atoms with van der Waals surface area (Å²) in [4.78, 5) is 17.0. The highest BCUT2D eigenvalue weighted by molar-refractivity contribution is 7.89. The fourth-order valence-corrected chi connectivity index (χ4v) is 4.84. The molecule has 2 aromatic carbocycles. The molecule has 0 bridgehead atoms. The molecule has 170 valence electrons. The molecule has 0 atom stereocenters. The number of nitrogens with zero attached hydrogens (tertiary/aromatic N) is 6. The SMILES string of the molecule is CN(C)S(=O)(=O)c1ccc2c(c1)nnn2CCC(=O)N1CCN(c2cccc(Cl)c2)CC1. The van der Waals surface area contributed by atoms with Gasteiger partial charge in [0.25, 0.3) is 0 Å². The first-order chi connectivity index (χ1) is 15.3. The highest BCUT2D eigenvalue weighted by Crippen LogP contribution is 2.22. The van der Waals surface area contributed by atoms with Crippen molar-refractivity contribution >= 4 is 44.3 Å². The van der Waals surface area contributed by atoms with E-state index in [1.54, 1.807) is 10.7 Å². The van der Waals surface area contributed by atoms with Gasteiger partial charge in [0, 0.05) is 57.4 Å². The number of carbonyl (C=O) groups is 1. The number of amides is 1. The molecule has 1 fully saturated rings. The number of sulfonamides is 1. The number of piperazine rings is 1. The molecule has 0 N–H and O–H groups in total. The molecule has 0 aliphatic carbocycles. The number of halogens is 1. The van der Waals surface area contributed by atoms with Gasteiger partial charge in [-0.15, -0.1) is 5.10 Å². The van der Waals surface area contributed by atoms with Crippen molar-refractivity contribution in [3.8, 4) is 0 Å². The first kappa shape index (κ1) is 22.5. The third-order valence-electron chi connectivity index (χ3n) is 5.61. The van der Waals surface area contributed by atoms with E-state index in [1.165, 1.54) is 26.2 Å². The Bertz CT molecular complexity index is 1240. The number of hydrogen-bond donors (Lipinski definition) is 0. The van der Waals surface area contributed by atoms with E-state index in [4.69, 9.17) is 11.6 Å². The second-order valence-electron chi connectivity index (χ2n) is 7.85. The Morgan fingerprint density at radius 1 is 1.09 bits per heavy atom. The standard InChI is InChI=1S/C21H25ClN6O3S/c1-25(2)32(30,31)18-6-7-20-19(15-18)23-24-28(20)9-8-21(29)27-12-10-26(11-13-27)17-5-3-4-16(22)14-17/h3-7,14-15H,8-13H2,1-2H3. The van der Waals surface area contributed by atoms with Gasteiger partial charge in [-0.25, -0.2) is 17.4 Å². The molecule has 3 aromatic rings. The number of aryl methyl sites for hydroxylation is 1. The Morgan fingerprint density at radius 2 is 1.84 bits per heavy atom. The van der Waals surface area contributed by atoms with Gasteiger partial charge in [-0.2, -0.15) is 0 Å². The Hall–Kier alpha value is -2.69. The van der Waals surface area contributed by atoms with E-state index >= 15 is 0 Å². The molecule has 1 aliphatic heterocycles. The van der Waals surface area contributed by atoms with Crippen LogP contribution in [0.1, 0.15) is 6.42 Å². The molecule has 0 saturated carbocycles. The lowest BCUT2D eigenvalue weighted by molar-refractivity contribution is -0.131. The van der Waals surface area contributed by atoms with Gasteiger partial charge in [0.2, 0.25) is 15.9 Å². The van der Waals surface area contributed by atoms with Gasteiger partial charge >= 0.3 is 0 Å². The summed E-state index contributed by atoms with van der Waals surface area (Å²) in [5, 5.41) is 8.89. The normalized spacial score (nSPS) is 15.0. The molecular weight excluding hydrogens is 452 g/mol. The molecule has 2 heterocycles. The predicted octanol–water partition coefficient (Wildman–Crippen LogP) is 2.07. The molecular formula is C21H25ClN6O3S. The van der Waals surface area contributed by atoms with E-state index < -0.39 is 10.0 Å². The molecule has 1 amide bonds. The van der Waals surface area contributed by atoms with Crippen LogP contribution in [-0.2, 0) is 21.4 Å². The average Bonchev–Trinajstić information content (AvgIpc) is 3.19. The number of rotatable bonds is 6. The van der Waals surface area contributed by atoms with Crippen LogP contribution in [0.4, 0.5) is 5.69 Å². The third-order valence-corrected chi connectivity index (χ3v) is 7.65. The number of anilines is 1. The second-order valence-corrected chi connectivity index (χ2v) is 10.4. The summed E-state index contributed by atoms with van der Waals surface area (Å²) in [7, 11) is -0.576. The van der Waals surface area contributed by atoms with Crippen LogP contribution in [0.15, 0.2) is 47.4 Å². The quantitative estimate of drug-likeness (QED) is 0.541. The van der Waals surface area contributed by atoms with Crippen LogP contribution in [0.3, 0.4) is 0 Å². The van der Waals surface area contributed by atoms with Gasteiger partial charge in [0.05, 0.1) is 17.0 Å². The maximum absolute atomic E-state index is 12.7. The van der Waals surface area contributed by atoms with Crippen LogP contribution >= 0.6 is 11.6 Å². The average molecular weight is 477 g/mol. The second kappa shape index (κ2) is 9.05. The van der Waals surface area contributed by atoms with E-state index in [2.05, 4.69) is 15.2 Å². The van der Waals surface area contributed by atoms with Crippen LogP contribution in [0, 0.1) is 0 Å². The number of hydrogen-bond acceptors (Lipinski definition) is 6. The Labute approximate surface area is 192 Å². The molecule has 1 saturated heterocycles. The lowest BCUT2D eigenvalue weighted by Gasteiger charge is -2.36. The monoisotopic (exact) mass is 476 g/mol. The third kappa shape index (κ3) is 4.57. The molecule has 1 aromatic heterocycles. The Morgan fingerprint density at radius 3 is 2.53 bits per heavy atom. The predicted molar refractivity (Wildman–Crippen MR) is 123 cm³/mol. The smallest absolute Gasteiger partial charge is 0.242 e. The maximum Gasteiger partial charge on any atom is 0.242 e. The minimum absolute atomic E-state index is 0.0613. The zero-order valence-electron chi connectivity index (χ0n) is 18.0. The van der Waals surface area contributed by atoms with Crippen molar-refractivity contribution in [2.24, 2.45) is 0 Å². The van der Waals surface area contributed by atoms with Crippen molar-refractivity contribution in [2.75, 3.05) is 45.2 Å². The van der Waals surface area contributed by atoms with Gasteiger partial charge in [0.15, 0.2) is 0 Å². The molecule has 32 heavy (non-hydrogen) atoms. The summed E-state index contributed by atoms with van der Waals surface area (Å²) in [6.45, 7) is 3.18. The number of fused-ring (bicyclic) bond motifs is 1. The largest absolute Gasteiger partial charge is 0.368 e. The van der Waals surface area contributed by atoms with Crippen molar-refractivity contribution in [1.82, 2.24) is 24.2 Å². The van der Waals surface area contributed by atoms with Crippen molar-refractivity contribution in [2.45, 2.75) is 17.9 Å². The van der Waals surface area contributed by atoms with Gasteiger partial charge in [0.1, 0.15) is 5.52 Å². The van der Waals surface area contributed by atoms with E-state index in [9.17, 15) is 13.2 Å². The summed E-state index contributed by atoms with van der Waals surface area (Å²) >= 11 is 6.08. The lowest BCUT2D eigenvalue weighted by atomic mass is 10.2. The fraction of sp³-hybridized carbons (Fsp3) is 0.381.